The van der Waals surface area contributed by atoms with E-state index in [4.69, 9.17) is 0 Å². The summed E-state index contributed by atoms with van der Waals surface area (Å²) in [6, 6.07) is -2.26. The Morgan fingerprint density at radius 1 is 1.31 bits per heavy atom. The van der Waals surface area contributed by atoms with Crippen molar-refractivity contribution < 1.29 is 23.7 Å². The zero-order valence-corrected chi connectivity index (χ0v) is 8.38. The highest BCUT2D eigenvalue weighted by molar-refractivity contribution is 6.11. The summed E-state index contributed by atoms with van der Waals surface area (Å²) in [6.07, 6.45) is 1.98. The second-order valence-corrected chi connectivity index (χ2v) is 2.23. The van der Waals surface area contributed by atoms with Crippen molar-refractivity contribution in [1.82, 2.24) is 21.2 Å². The molecule has 4 amide bonds. The minimum absolute atomic E-state index is 0.385. The molecule has 0 aliphatic carbocycles. The quantitative estimate of drug-likeness (QED) is 0.653. The van der Waals surface area contributed by atoms with Crippen LogP contribution in [0.2, 0.25) is 0 Å². The van der Waals surface area contributed by atoms with Gasteiger partial charge in [0, 0.05) is 0 Å². The van der Waals surface area contributed by atoms with Gasteiger partial charge in [-0.15, -0.1) is 5.10 Å². The Morgan fingerprint density at radius 2 is 1.88 bits per heavy atom. The molecule has 1 aromatic heterocycles. The van der Waals surface area contributed by atoms with Crippen molar-refractivity contribution in [3.63, 3.8) is 0 Å². The molecule has 0 bridgehead atoms. The van der Waals surface area contributed by atoms with Gasteiger partial charge in [0.25, 0.3) is 0 Å². The zero-order valence-electron chi connectivity index (χ0n) is 8.38. The van der Waals surface area contributed by atoms with Crippen molar-refractivity contribution in [3.8, 4) is 0 Å². The molecular formula is C6H8N5O5. The second kappa shape index (κ2) is 5.63. The number of hydrogen-bond acceptors (Lipinski definition) is 7. The van der Waals surface area contributed by atoms with E-state index in [0.29, 0.717) is 4.90 Å². The van der Waals surface area contributed by atoms with Crippen LogP contribution in [0.3, 0.4) is 0 Å². The van der Waals surface area contributed by atoms with Crippen molar-refractivity contribution in [1.29, 1.82) is 0 Å². The number of aromatic nitrogens is 2. The van der Waals surface area contributed by atoms with Gasteiger partial charge in [0.05, 0.1) is 14.2 Å². The van der Waals surface area contributed by atoms with E-state index in [1.807, 2.05) is 17.4 Å². The Bertz CT molecular complexity index is 334. The highest BCUT2D eigenvalue weighted by atomic mass is 16.7. The summed E-state index contributed by atoms with van der Waals surface area (Å²) in [5.74, 6) is 0. The van der Waals surface area contributed by atoms with Crippen molar-refractivity contribution >= 4 is 18.1 Å². The average molecular weight is 230 g/mol. The number of imide groups is 1. The van der Waals surface area contributed by atoms with Crippen LogP contribution in [0.5, 0.6) is 0 Å². The number of amides is 4. The number of nitrogens with one attached hydrogen (secondary N) is 2. The Labute approximate surface area is 89.4 Å². The van der Waals surface area contributed by atoms with Gasteiger partial charge in [0.1, 0.15) is 0 Å². The summed E-state index contributed by atoms with van der Waals surface area (Å²) >= 11 is 0. The van der Waals surface area contributed by atoms with Crippen molar-refractivity contribution in [2.75, 3.05) is 19.1 Å². The second-order valence-electron chi connectivity index (χ2n) is 2.23. The van der Waals surface area contributed by atoms with Gasteiger partial charge in [-0.3, -0.25) is 9.68 Å². The molecule has 1 rings (SSSR count). The van der Waals surface area contributed by atoms with E-state index >= 15 is 0 Å². The number of hydroxylamine groups is 2. The molecule has 2 N–H and O–H groups in total. The fourth-order valence-electron chi connectivity index (χ4n) is 0.767. The lowest BCUT2D eigenvalue weighted by molar-refractivity contribution is 0.100. The minimum Gasteiger partial charge on any atom is -0.398 e. The number of carbonyl (C=O) groups excluding carboxylic acids is 2. The van der Waals surface area contributed by atoms with Crippen LogP contribution < -0.4 is 15.9 Å². The predicted molar refractivity (Wildman–Crippen MR) is 46.7 cm³/mol. The molecule has 0 aromatic carbocycles. The third-order valence-electron chi connectivity index (χ3n) is 1.29. The number of urea groups is 2. The number of hydrogen-bond donors (Lipinski definition) is 2. The summed E-state index contributed by atoms with van der Waals surface area (Å²) < 4.78 is 4.58. The Hall–Kier alpha value is -2.20. The number of carbonyl (C=O) groups is 2. The monoisotopic (exact) mass is 230 g/mol. The molecule has 10 nitrogen and oxygen atoms in total. The van der Waals surface area contributed by atoms with Gasteiger partial charge in [-0.1, -0.05) is 5.10 Å². The molecule has 0 fully saturated rings. The maximum atomic E-state index is 11.4. The molecule has 16 heavy (non-hydrogen) atoms. The van der Waals surface area contributed by atoms with E-state index < -0.39 is 12.1 Å². The van der Waals surface area contributed by atoms with Crippen LogP contribution in [0.1, 0.15) is 0 Å². The minimum atomic E-state index is -0.935. The molecule has 0 aliphatic rings. The number of rotatable bonds is 3. The van der Waals surface area contributed by atoms with Crippen LogP contribution in [0.4, 0.5) is 15.6 Å². The maximum Gasteiger partial charge on any atom is 0.357 e. The smallest absolute Gasteiger partial charge is 0.357 e. The Kier molecular flexibility index (Phi) is 4.17. The topological polar surface area (TPSA) is 119 Å². The summed E-state index contributed by atoms with van der Waals surface area (Å²) in [7, 11) is 2.40. The van der Waals surface area contributed by atoms with Gasteiger partial charge >= 0.3 is 24.5 Å². The lowest BCUT2D eigenvalue weighted by Crippen LogP contribution is -2.48. The SMILES string of the molecule is CONC(=O)N(C(=O)NOC)c1nn[c]o1. The standard InChI is InChI=1S/C6H8N5O5/c1-14-9-4(12)11(5(13)10-15-2)6-8-7-3-16-6/h1-2H3,(H,9,12)(H,10,13). The fraction of sp³-hybridized carbons (Fsp3) is 0.333. The molecule has 0 unspecified atom stereocenters. The molecular weight excluding hydrogens is 222 g/mol. The third-order valence-corrected chi connectivity index (χ3v) is 1.29. The van der Waals surface area contributed by atoms with Gasteiger partial charge in [-0.25, -0.2) is 20.5 Å². The highest BCUT2D eigenvalue weighted by Crippen LogP contribution is 2.08. The largest absolute Gasteiger partial charge is 0.398 e. The molecule has 10 heteroatoms. The maximum absolute atomic E-state index is 11.4. The van der Waals surface area contributed by atoms with Crippen molar-refractivity contribution in [2.24, 2.45) is 0 Å². The molecule has 0 saturated heterocycles. The van der Waals surface area contributed by atoms with E-state index in [1.54, 1.807) is 0 Å². The fourth-order valence-corrected chi connectivity index (χ4v) is 0.767. The van der Waals surface area contributed by atoms with Crippen molar-refractivity contribution in [3.05, 3.63) is 6.39 Å². The molecule has 1 radical (unpaired) electrons. The van der Waals surface area contributed by atoms with Crippen LogP contribution in [0, 0.1) is 6.39 Å². The van der Waals surface area contributed by atoms with Gasteiger partial charge in [-0.05, 0) is 0 Å². The van der Waals surface area contributed by atoms with Crippen LogP contribution >= 0.6 is 0 Å². The molecule has 0 aliphatic heterocycles. The molecule has 0 saturated carbocycles. The summed E-state index contributed by atoms with van der Waals surface area (Å²) in [5.41, 5.74) is 3.80. The Morgan fingerprint density at radius 3 is 2.25 bits per heavy atom. The van der Waals surface area contributed by atoms with E-state index in [1.165, 1.54) is 14.2 Å². The first-order valence-corrected chi connectivity index (χ1v) is 3.86. The molecule has 87 valence electrons. The summed E-state index contributed by atoms with van der Waals surface area (Å²) in [5, 5.41) is 6.55. The zero-order chi connectivity index (χ0) is 12.0. The van der Waals surface area contributed by atoms with Crippen molar-refractivity contribution in [2.45, 2.75) is 0 Å². The molecule has 0 atom stereocenters. The first kappa shape index (κ1) is 11.9. The molecule has 1 aromatic rings. The van der Waals surface area contributed by atoms with E-state index in [2.05, 4.69) is 24.3 Å². The van der Waals surface area contributed by atoms with Crippen LogP contribution in [-0.2, 0) is 9.68 Å². The van der Waals surface area contributed by atoms with E-state index in [-0.39, 0.29) is 6.01 Å². The van der Waals surface area contributed by atoms with E-state index in [0.717, 1.165) is 0 Å². The summed E-state index contributed by atoms with van der Waals surface area (Å²) in [4.78, 5) is 31.9. The number of nitrogens with zero attached hydrogens (tertiary/aromatic N) is 3. The third kappa shape index (κ3) is 2.65. The predicted octanol–water partition coefficient (Wildman–Crippen LogP) is -0.782. The average Bonchev–Trinajstić information content (AvgIpc) is 2.72. The number of anilines is 1. The normalized spacial score (nSPS) is 9.62. The van der Waals surface area contributed by atoms with Gasteiger partial charge < -0.3 is 4.42 Å². The Balaban J connectivity index is 2.85. The molecule has 1 heterocycles. The lowest BCUT2D eigenvalue weighted by atomic mass is 10.7. The first-order valence-electron chi connectivity index (χ1n) is 3.86. The van der Waals surface area contributed by atoms with Crippen LogP contribution in [0.25, 0.3) is 0 Å². The molecule has 0 spiro atoms. The lowest BCUT2D eigenvalue weighted by Gasteiger charge is -2.15. The van der Waals surface area contributed by atoms with Crippen LogP contribution in [0.15, 0.2) is 4.42 Å². The summed E-state index contributed by atoms with van der Waals surface area (Å²) in [6.45, 7) is 0. The van der Waals surface area contributed by atoms with Gasteiger partial charge in [-0.2, -0.15) is 4.90 Å². The first-order chi connectivity index (χ1) is 7.70. The van der Waals surface area contributed by atoms with Crippen LogP contribution in [-0.4, -0.2) is 36.5 Å². The van der Waals surface area contributed by atoms with Gasteiger partial charge in [0.15, 0.2) is 0 Å². The van der Waals surface area contributed by atoms with E-state index in [9.17, 15) is 9.59 Å². The van der Waals surface area contributed by atoms with Gasteiger partial charge in [0.2, 0.25) is 0 Å². The highest BCUT2D eigenvalue weighted by Gasteiger charge is 2.28.